The number of hydrazine groups is 1. The molecule has 0 fully saturated rings. The van der Waals surface area contributed by atoms with Gasteiger partial charge in [0.1, 0.15) is 5.69 Å². The molecular weight excluding hydrogens is 200 g/mol. The molecule has 0 heterocycles. The third-order valence-electron chi connectivity index (χ3n) is 1.92. The van der Waals surface area contributed by atoms with E-state index >= 15 is 0 Å². The maximum Gasteiger partial charge on any atom is 0.332 e. The van der Waals surface area contributed by atoms with Crippen molar-refractivity contribution in [2.45, 2.75) is 13.0 Å². The van der Waals surface area contributed by atoms with Gasteiger partial charge >= 0.3 is 5.97 Å². The Bertz CT molecular complexity index is 366. The molecule has 0 radical (unpaired) electrons. The Labute approximate surface area is 85.9 Å². The van der Waals surface area contributed by atoms with Crippen LogP contribution in [0.4, 0.5) is 5.69 Å². The summed E-state index contributed by atoms with van der Waals surface area (Å²) in [6.45, 7) is 1.26. The van der Waals surface area contributed by atoms with E-state index < -0.39 is 17.0 Å². The predicted octanol–water partition coefficient (Wildman–Crippen LogP) is 1.16. The molecule has 1 N–H and O–H groups in total. The Morgan fingerprint density at radius 2 is 2.00 bits per heavy atom. The number of benzene rings is 1. The zero-order valence-corrected chi connectivity index (χ0v) is 8.03. The van der Waals surface area contributed by atoms with Crippen molar-refractivity contribution in [1.82, 2.24) is 0 Å². The smallest absolute Gasteiger partial charge is 0.332 e. The van der Waals surface area contributed by atoms with Crippen LogP contribution in [0, 0.1) is 10.1 Å². The number of nitrogens with zero attached hydrogens (tertiary/aromatic N) is 2. The fraction of sp³-hybridized carbons (Fsp3) is 0.222. The lowest BCUT2D eigenvalue weighted by Gasteiger charge is -2.17. The molecule has 15 heavy (non-hydrogen) atoms. The summed E-state index contributed by atoms with van der Waals surface area (Å²) in [4.78, 5) is 21.4. The summed E-state index contributed by atoms with van der Waals surface area (Å²) < 4.78 is 0. The highest BCUT2D eigenvalue weighted by molar-refractivity contribution is 5.76. The van der Waals surface area contributed by atoms with Gasteiger partial charge in [-0.1, -0.05) is 23.2 Å². The van der Waals surface area contributed by atoms with Gasteiger partial charge in [-0.05, 0) is 19.1 Å². The van der Waals surface area contributed by atoms with Crippen molar-refractivity contribution in [2.75, 3.05) is 5.01 Å². The Hall–Kier alpha value is -2.11. The second kappa shape index (κ2) is 4.41. The Morgan fingerprint density at radius 1 is 1.47 bits per heavy atom. The lowest BCUT2D eigenvalue weighted by molar-refractivity contribution is -0.498. The van der Waals surface area contributed by atoms with Crippen LogP contribution >= 0.6 is 0 Å². The van der Waals surface area contributed by atoms with Gasteiger partial charge in [-0.25, -0.2) is 14.9 Å². The van der Waals surface area contributed by atoms with Gasteiger partial charge in [0, 0.05) is 0 Å². The zero-order chi connectivity index (χ0) is 11.4. The van der Waals surface area contributed by atoms with E-state index in [1.807, 2.05) is 0 Å². The lowest BCUT2D eigenvalue weighted by Crippen LogP contribution is -2.43. The van der Waals surface area contributed by atoms with Crippen LogP contribution in [-0.4, -0.2) is 22.1 Å². The predicted molar refractivity (Wildman–Crippen MR) is 53.0 cm³/mol. The first-order valence-corrected chi connectivity index (χ1v) is 4.25. The van der Waals surface area contributed by atoms with Gasteiger partial charge in [0.25, 0.3) is 0 Å². The first kappa shape index (κ1) is 11.0. The van der Waals surface area contributed by atoms with E-state index in [-0.39, 0.29) is 5.69 Å². The van der Waals surface area contributed by atoms with Crippen molar-refractivity contribution >= 4 is 11.7 Å². The van der Waals surface area contributed by atoms with Crippen LogP contribution in [0.3, 0.4) is 0 Å². The van der Waals surface area contributed by atoms with Gasteiger partial charge < -0.3 is 5.11 Å². The standard InChI is InChI=1S/C9H10N2O4/c1-7(9(12)13)10(11(14)15)8-5-3-2-4-6-8/h2-7H,1H3,(H,12,13). The molecule has 1 unspecified atom stereocenters. The summed E-state index contributed by atoms with van der Waals surface area (Å²) in [5.74, 6) is -1.24. The Morgan fingerprint density at radius 3 is 2.40 bits per heavy atom. The minimum atomic E-state index is -1.24. The van der Waals surface area contributed by atoms with Crippen molar-refractivity contribution in [3.05, 3.63) is 40.4 Å². The largest absolute Gasteiger partial charge is 0.480 e. The molecule has 0 aliphatic heterocycles. The van der Waals surface area contributed by atoms with Gasteiger partial charge in [0.15, 0.2) is 11.1 Å². The third-order valence-corrected chi connectivity index (χ3v) is 1.92. The first-order chi connectivity index (χ1) is 7.04. The van der Waals surface area contributed by atoms with Gasteiger partial charge in [-0.2, -0.15) is 0 Å². The second-order valence-corrected chi connectivity index (χ2v) is 2.93. The highest BCUT2D eigenvalue weighted by atomic mass is 16.7. The van der Waals surface area contributed by atoms with Crippen molar-refractivity contribution in [3.8, 4) is 0 Å². The normalized spacial score (nSPS) is 11.8. The van der Waals surface area contributed by atoms with Gasteiger partial charge in [-0.3, -0.25) is 0 Å². The number of carboxylic acids is 1. The SMILES string of the molecule is CC(C(=O)O)N(c1ccccc1)[N+](=O)[O-]. The molecule has 0 aromatic heterocycles. The molecule has 0 aliphatic rings. The van der Waals surface area contributed by atoms with Crippen LogP contribution in [0.15, 0.2) is 30.3 Å². The molecule has 1 aromatic carbocycles. The van der Waals surface area contributed by atoms with E-state index in [0.29, 0.717) is 5.01 Å². The molecule has 0 amide bonds. The van der Waals surface area contributed by atoms with Crippen LogP contribution in [-0.2, 0) is 4.79 Å². The van der Waals surface area contributed by atoms with E-state index in [1.54, 1.807) is 18.2 Å². The number of rotatable bonds is 4. The molecule has 6 heteroatoms. The molecule has 0 aliphatic carbocycles. The molecule has 1 atom stereocenters. The summed E-state index contributed by atoms with van der Waals surface area (Å²) in [6, 6.07) is 6.70. The zero-order valence-electron chi connectivity index (χ0n) is 8.03. The number of para-hydroxylation sites is 1. The molecule has 0 bridgehead atoms. The van der Waals surface area contributed by atoms with Crippen LogP contribution < -0.4 is 5.01 Å². The molecule has 0 saturated carbocycles. The lowest BCUT2D eigenvalue weighted by atomic mass is 10.2. The van der Waals surface area contributed by atoms with E-state index in [1.165, 1.54) is 19.1 Å². The fourth-order valence-electron chi connectivity index (χ4n) is 1.14. The number of carboxylic acid groups (broad SMARTS) is 1. The molecule has 1 aromatic rings. The summed E-state index contributed by atoms with van der Waals surface area (Å²) in [6.07, 6.45) is 0. The molecule has 80 valence electrons. The number of hydrogen-bond acceptors (Lipinski definition) is 3. The summed E-state index contributed by atoms with van der Waals surface area (Å²) in [7, 11) is 0. The maximum absolute atomic E-state index is 10.7. The average Bonchev–Trinajstić information content (AvgIpc) is 2.18. The molecule has 0 spiro atoms. The quantitative estimate of drug-likeness (QED) is 0.595. The van der Waals surface area contributed by atoms with E-state index in [0.717, 1.165) is 0 Å². The van der Waals surface area contributed by atoms with Gasteiger partial charge in [-0.15, -0.1) is 0 Å². The fourth-order valence-corrected chi connectivity index (χ4v) is 1.14. The van der Waals surface area contributed by atoms with Crippen molar-refractivity contribution in [3.63, 3.8) is 0 Å². The van der Waals surface area contributed by atoms with E-state index in [4.69, 9.17) is 5.11 Å². The highest BCUT2D eigenvalue weighted by Gasteiger charge is 2.30. The van der Waals surface area contributed by atoms with E-state index in [2.05, 4.69) is 0 Å². The Kier molecular flexibility index (Phi) is 3.22. The highest BCUT2D eigenvalue weighted by Crippen LogP contribution is 2.16. The second-order valence-electron chi connectivity index (χ2n) is 2.93. The summed E-state index contributed by atoms with van der Waals surface area (Å²) in [5.41, 5.74) is 0.248. The van der Waals surface area contributed by atoms with Crippen LogP contribution in [0.1, 0.15) is 6.92 Å². The van der Waals surface area contributed by atoms with Gasteiger partial charge in [0.05, 0.1) is 0 Å². The number of carbonyl (C=O) groups is 1. The van der Waals surface area contributed by atoms with Crippen LogP contribution in [0.5, 0.6) is 0 Å². The number of anilines is 1. The monoisotopic (exact) mass is 210 g/mol. The number of aliphatic carboxylic acids is 1. The molecule has 0 saturated heterocycles. The third kappa shape index (κ3) is 2.43. The van der Waals surface area contributed by atoms with E-state index in [9.17, 15) is 14.9 Å². The van der Waals surface area contributed by atoms with Gasteiger partial charge in [0.2, 0.25) is 0 Å². The maximum atomic E-state index is 10.7. The van der Waals surface area contributed by atoms with Crippen molar-refractivity contribution in [2.24, 2.45) is 0 Å². The number of hydrogen-bond donors (Lipinski definition) is 1. The molecular formula is C9H10N2O4. The average molecular weight is 210 g/mol. The van der Waals surface area contributed by atoms with Crippen molar-refractivity contribution < 1.29 is 14.9 Å². The molecule has 1 rings (SSSR count). The Balaban J connectivity index is 3.04. The first-order valence-electron chi connectivity index (χ1n) is 4.25. The summed E-state index contributed by atoms with van der Waals surface area (Å²) >= 11 is 0. The number of nitro groups is 1. The van der Waals surface area contributed by atoms with Crippen molar-refractivity contribution in [1.29, 1.82) is 0 Å². The minimum Gasteiger partial charge on any atom is -0.480 e. The summed E-state index contributed by atoms with van der Waals surface area (Å²) in [5, 5.41) is 19.3. The minimum absolute atomic E-state index is 0.248. The van der Waals surface area contributed by atoms with Crippen LogP contribution in [0.2, 0.25) is 0 Å². The topological polar surface area (TPSA) is 83.7 Å². The van der Waals surface area contributed by atoms with Crippen LogP contribution in [0.25, 0.3) is 0 Å². The molecule has 6 nitrogen and oxygen atoms in total.